The van der Waals surface area contributed by atoms with Gasteiger partial charge >= 0.3 is 0 Å². The van der Waals surface area contributed by atoms with Crippen molar-refractivity contribution < 1.29 is 19.5 Å². The van der Waals surface area contributed by atoms with Crippen LogP contribution >= 0.6 is 0 Å². The van der Waals surface area contributed by atoms with Crippen molar-refractivity contribution in [3.8, 4) is 0 Å². The molecule has 1 aliphatic heterocycles. The lowest BCUT2D eigenvalue weighted by Crippen LogP contribution is -2.51. The first kappa shape index (κ1) is 22.8. The summed E-state index contributed by atoms with van der Waals surface area (Å²) in [6.45, 7) is 2.05. The zero-order valence-electron chi connectivity index (χ0n) is 19.6. The van der Waals surface area contributed by atoms with Crippen LogP contribution in [-0.4, -0.2) is 62.2 Å². The number of hydrogen-bond acceptors (Lipinski definition) is 5. The summed E-state index contributed by atoms with van der Waals surface area (Å²) in [4.78, 5) is 40.4. The number of nitrogens with zero attached hydrogens (tertiary/aromatic N) is 3. The summed E-state index contributed by atoms with van der Waals surface area (Å²) in [6, 6.07) is 6.54. The average Bonchev–Trinajstić information content (AvgIpc) is 3.26. The molecule has 34 heavy (non-hydrogen) atoms. The van der Waals surface area contributed by atoms with E-state index in [4.69, 9.17) is 5.73 Å². The third-order valence-electron chi connectivity index (χ3n) is 8.21. The number of para-hydroxylation sites is 1. The molecule has 3 amide bonds. The minimum atomic E-state index is -0.653. The maximum absolute atomic E-state index is 13.5. The molecular formula is C25H33N5O4. The van der Waals surface area contributed by atoms with Gasteiger partial charge in [0.05, 0.1) is 12.1 Å². The van der Waals surface area contributed by atoms with E-state index in [-0.39, 0.29) is 48.2 Å². The summed E-state index contributed by atoms with van der Waals surface area (Å²) in [5, 5.41) is 18.1. The number of piperidine rings is 1. The number of likely N-dealkylation sites (tertiary alicyclic amines) is 1. The largest absolute Gasteiger partial charge is 0.396 e. The number of amides is 3. The number of nitrogens with two attached hydrogens (primary N) is 1. The fourth-order valence-electron chi connectivity index (χ4n) is 6.17. The number of benzene rings is 1. The molecule has 1 aromatic heterocycles. The predicted molar refractivity (Wildman–Crippen MR) is 126 cm³/mol. The van der Waals surface area contributed by atoms with Crippen molar-refractivity contribution in [1.82, 2.24) is 20.0 Å². The first-order chi connectivity index (χ1) is 16.4. The van der Waals surface area contributed by atoms with Crippen LogP contribution < -0.4 is 11.1 Å². The smallest absolute Gasteiger partial charge is 0.269 e. The number of primary amides is 1. The molecule has 3 aliphatic rings. The molecule has 9 nitrogen and oxygen atoms in total. The number of carbonyl (C=O) groups is 3. The lowest BCUT2D eigenvalue weighted by atomic mass is 9.84. The molecule has 2 aliphatic carbocycles. The van der Waals surface area contributed by atoms with Gasteiger partial charge in [-0.1, -0.05) is 44.4 Å². The highest BCUT2D eigenvalue weighted by molar-refractivity contribution is 6.04. The monoisotopic (exact) mass is 467 g/mol. The van der Waals surface area contributed by atoms with E-state index >= 15 is 0 Å². The Balaban J connectivity index is 1.36. The van der Waals surface area contributed by atoms with Gasteiger partial charge in [0.2, 0.25) is 11.8 Å². The molecule has 5 rings (SSSR count). The summed E-state index contributed by atoms with van der Waals surface area (Å²) in [5.41, 5.74) is 5.87. The zero-order chi connectivity index (χ0) is 24.0. The number of nitrogens with one attached hydrogen (secondary N) is 1. The Morgan fingerprint density at radius 2 is 2.03 bits per heavy atom. The van der Waals surface area contributed by atoms with Crippen molar-refractivity contribution >= 4 is 28.6 Å². The van der Waals surface area contributed by atoms with Crippen molar-refractivity contribution in [2.24, 2.45) is 17.1 Å². The summed E-state index contributed by atoms with van der Waals surface area (Å²) in [6.07, 6.45) is 6.54. The third-order valence-corrected chi connectivity index (χ3v) is 8.21. The van der Waals surface area contributed by atoms with Crippen molar-refractivity contribution in [2.45, 2.75) is 76.5 Å². The summed E-state index contributed by atoms with van der Waals surface area (Å²) < 4.78 is 1.49. The number of aliphatic hydroxyl groups is 1. The Kier molecular flexibility index (Phi) is 5.83. The van der Waals surface area contributed by atoms with Crippen LogP contribution in [0.4, 0.5) is 0 Å². The van der Waals surface area contributed by atoms with Gasteiger partial charge in [-0.2, -0.15) is 5.10 Å². The molecule has 9 heteroatoms. The number of fused-ring (bicyclic) bond motifs is 2. The topological polar surface area (TPSA) is 131 Å². The van der Waals surface area contributed by atoms with E-state index in [2.05, 4.69) is 17.3 Å². The molecule has 182 valence electrons. The lowest BCUT2D eigenvalue weighted by Gasteiger charge is -2.32. The SMILES string of the molecule is CC[C@H]1CCC[C@@H](NC(=O)[C@@H]2C[C@@]3(CO)C[C@H]3N2C(=O)Cn2nc(C(N)=O)c3ccccc32)C1. The molecule has 2 saturated carbocycles. The third kappa shape index (κ3) is 3.85. The van der Waals surface area contributed by atoms with Crippen LogP contribution in [0.3, 0.4) is 0 Å². The molecule has 0 spiro atoms. The standard InChI is InChI=1S/C25H33N5O4/c1-2-15-6-5-7-16(10-15)27-24(34)19-11-25(14-31)12-20(25)30(19)21(32)13-29-18-9-4-3-8-17(18)22(28-29)23(26)33/h3-4,8-9,15-16,19-20,31H,2,5-7,10-14H2,1H3,(H2,26,33)(H,27,34)/t15-,16+,19-,20+,25-/m0/s1. The van der Waals surface area contributed by atoms with Gasteiger partial charge < -0.3 is 21.1 Å². The number of aliphatic hydroxyl groups excluding tert-OH is 1. The Hall–Kier alpha value is -2.94. The lowest BCUT2D eigenvalue weighted by molar-refractivity contribution is -0.140. The molecule has 2 heterocycles. The minimum Gasteiger partial charge on any atom is -0.396 e. The molecule has 0 radical (unpaired) electrons. The van der Waals surface area contributed by atoms with Crippen molar-refractivity contribution in [3.05, 3.63) is 30.0 Å². The first-order valence-electron chi connectivity index (χ1n) is 12.3. The van der Waals surface area contributed by atoms with Gasteiger partial charge in [0, 0.05) is 22.9 Å². The second-order valence-corrected chi connectivity index (χ2v) is 10.3. The molecule has 4 N–H and O–H groups in total. The summed E-state index contributed by atoms with van der Waals surface area (Å²) >= 11 is 0. The second kappa shape index (κ2) is 8.69. The van der Waals surface area contributed by atoms with Crippen LogP contribution in [0.25, 0.3) is 10.9 Å². The van der Waals surface area contributed by atoms with Crippen molar-refractivity contribution in [3.63, 3.8) is 0 Å². The normalized spacial score (nSPS) is 30.2. The fraction of sp³-hybridized carbons (Fsp3) is 0.600. The Labute approximate surface area is 198 Å². The minimum absolute atomic E-state index is 0.0386. The van der Waals surface area contributed by atoms with Gasteiger partial charge in [0.25, 0.3) is 5.91 Å². The summed E-state index contributed by atoms with van der Waals surface area (Å²) in [7, 11) is 0. The van der Waals surface area contributed by atoms with Crippen molar-refractivity contribution in [2.75, 3.05) is 6.61 Å². The summed E-state index contributed by atoms with van der Waals surface area (Å²) in [5.74, 6) is -0.388. The molecule has 5 atom stereocenters. The van der Waals surface area contributed by atoms with Gasteiger partial charge in [0.1, 0.15) is 12.6 Å². The van der Waals surface area contributed by atoms with E-state index in [1.165, 1.54) is 11.1 Å². The van der Waals surface area contributed by atoms with E-state index in [0.717, 1.165) is 25.7 Å². The fourth-order valence-corrected chi connectivity index (χ4v) is 6.17. The first-order valence-corrected chi connectivity index (χ1v) is 12.3. The maximum atomic E-state index is 13.5. The van der Waals surface area contributed by atoms with E-state index in [9.17, 15) is 19.5 Å². The average molecular weight is 468 g/mol. The molecule has 2 aromatic rings. The molecule has 3 fully saturated rings. The highest BCUT2D eigenvalue weighted by Gasteiger charge is 2.66. The van der Waals surface area contributed by atoms with Crippen LogP contribution in [0.1, 0.15) is 62.4 Å². The Morgan fingerprint density at radius 1 is 1.24 bits per heavy atom. The molecule has 1 aromatic carbocycles. The Bertz CT molecular complexity index is 1130. The second-order valence-electron chi connectivity index (χ2n) is 10.3. The van der Waals surface area contributed by atoms with Crippen LogP contribution in [-0.2, 0) is 16.1 Å². The highest BCUT2D eigenvalue weighted by atomic mass is 16.3. The molecule has 0 bridgehead atoms. The highest BCUT2D eigenvalue weighted by Crippen LogP contribution is 2.59. The molecular weight excluding hydrogens is 434 g/mol. The van der Waals surface area contributed by atoms with E-state index in [0.29, 0.717) is 29.7 Å². The van der Waals surface area contributed by atoms with Gasteiger partial charge in [0.15, 0.2) is 5.69 Å². The predicted octanol–water partition coefficient (Wildman–Crippen LogP) is 1.57. The van der Waals surface area contributed by atoms with Crippen LogP contribution in [0, 0.1) is 11.3 Å². The number of hydrogen-bond donors (Lipinski definition) is 3. The van der Waals surface area contributed by atoms with E-state index < -0.39 is 11.9 Å². The van der Waals surface area contributed by atoms with Gasteiger partial charge in [-0.05, 0) is 37.7 Å². The number of aromatic nitrogens is 2. The van der Waals surface area contributed by atoms with Crippen LogP contribution in [0.5, 0.6) is 0 Å². The maximum Gasteiger partial charge on any atom is 0.269 e. The molecule has 1 saturated heterocycles. The van der Waals surface area contributed by atoms with Crippen molar-refractivity contribution in [1.29, 1.82) is 0 Å². The Morgan fingerprint density at radius 3 is 2.76 bits per heavy atom. The van der Waals surface area contributed by atoms with Crippen LogP contribution in [0.2, 0.25) is 0 Å². The zero-order valence-corrected chi connectivity index (χ0v) is 19.6. The van der Waals surface area contributed by atoms with E-state index in [1.54, 1.807) is 23.1 Å². The van der Waals surface area contributed by atoms with E-state index in [1.807, 2.05) is 6.07 Å². The van der Waals surface area contributed by atoms with Gasteiger partial charge in [-0.15, -0.1) is 0 Å². The van der Waals surface area contributed by atoms with Gasteiger partial charge in [-0.3, -0.25) is 19.1 Å². The number of rotatable bonds is 7. The van der Waals surface area contributed by atoms with Crippen LogP contribution in [0.15, 0.2) is 24.3 Å². The number of carbonyl (C=O) groups excluding carboxylic acids is 3. The van der Waals surface area contributed by atoms with Gasteiger partial charge in [-0.25, -0.2) is 0 Å². The molecule has 0 unspecified atom stereocenters. The quantitative estimate of drug-likeness (QED) is 0.569.